The number of piperazine rings is 1. The van der Waals surface area contributed by atoms with E-state index in [9.17, 15) is 14.4 Å². The van der Waals surface area contributed by atoms with Gasteiger partial charge in [0, 0.05) is 12.2 Å². The fraction of sp³-hybridized carbons (Fsp3) is 0.500. The maximum atomic E-state index is 12.4. The summed E-state index contributed by atoms with van der Waals surface area (Å²) >= 11 is 0. The average Bonchev–Trinajstić information content (AvgIpc) is 2.98. The van der Waals surface area contributed by atoms with Gasteiger partial charge in [-0.3, -0.25) is 9.59 Å². The molecule has 7 heteroatoms. The largest absolute Gasteiger partial charge is 0.343 e. The molecule has 2 saturated heterocycles. The number of benzene rings is 1. The number of urea groups is 1. The van der Waals surface area contributed by atoms with Gasteiger partial charge in [0.1, 0.15) is 12.1 Å². The molecule has 0 radical (unpaired) electrons. The van der Waals surface area contributed by atoms with Crippen LogP contribution in [-0.2, 0) is 9.59 Å². The smallest absolute Gasteiger partial charge is 0.319 e. The van der Waals surface area contributed by atoms with Crippen molar-refractivity contribution in [1.82, 2.24) is 15.5 Å². The molecule has 25 heavy (non-hydrogen) atoms. The minimum Gasteiger partial charge on any atom is -0.343 e. The van der Waals surface area contributed by atoms with Crippen LogP contribution in [-0.4, -0.2) is 47.4 Å². The highest BCUT2D eigenvalue weighted by atomic mass is 16.2. The second-order valence-corrected chi connectivity index (χ2v) is 6.81. The Morgan fingerprint density at radius 2 is 2.04 bits per heavy atom. The monoisotopic (exact) mass is 344 g/mol. The third-order valence-electron chi connectivity index (χ3n) is 5.01. The van der Waals surface area contributed by atoms with Gasteiger partial charge in [0.05, 0.1) is 6.04 Å². The topological polar surface area (TPSA) is 90.5 Å². The third-order valence-corrected chi connectivity index (χ3v) is 5.01. The Morgan fingerprint density at radius 1 is 1.28 bits per heavy atom. The molecule has 0 bridgehead atoms. The Labute approximate surface area is 147 Å². The fourth-order valence-electron chi connectivity index (χ4n) is 3.41. The summed E-state index contributed by atoms with van der Waals surface area (Å²) in [4.78, 5) is 38.3. The highest BCUT2D eigenvalue weighted by Gasteiger charge is 2.46. The van der Waals surface area contributed by atoms with Crippen LogP contribution in [0.3, 0.4) is 0 Å². The van der Waals surface area contributed by atoms with Gasteiger partial charge in [-0.15, -0.1) is 0 Å². The van der Waals surface area contributed by atoms with E-state index < -0.39 is 12.1 Å². The maximum Gasteiger partial charge on any atom is 0.319 e. The van der Waals surface area contributed by atoms with E-state index in [1.807, 2.05) is 39.0 Å². The summed E-state index contributed by atoms with van der Waals surface area (Å²) in [7, 11) is 0. The van der Waals surface area contributed by atoms with Crippen LogP contribution < -0.4 is 16.0 Å². The number of nitrogens with one attached hydrogen (secondary N) is 3. The molecule has 4 amide bonds. The number of hydrogen-bond donors (Lipinski definition) is 3. The normalized spacial score (nSPS) is 25.4. The van der Waals surface area contributed by atoms with E-state index in [0.29, 0.717) is 19.4 Å². The van der Waals surface area contributed by atoms with Crippen LogP contribution in [0, 0.1) is 13.8 Å². The van der Waals surface area contributed by atoms with Gasteiger partial charge in [0.2, 0.25) is 11.8 Å². The van der Waals surface area contributed by atoms with Crippen molar-refractivity contribution in [3.63, 3.8) is 0 Å². The summed E-state index contributed by atoms with van der Waals surface area (Å²) in [5, 5.41) is 8.43. The first kappa shape index (κ1) is 17.3. The first-order valence-corrected chi connectivity index (χ1v) is 8.64. The molecule has 3 atom stereocenters. The SMILES string of the molecule is CC[C@@H]1NC(=O)[C@@H]2C[C@H](NC(=O)Nc3ccc(C)c(C)c3)CN2C1=O. The van der Waals surface area contributed by atoms with Gasteiger partial charge in [-0.05, 0) is 49.9 Å². The van der Waals surface area contributed by atoms with Crippen LogP contribution in [0.15, 0.2) is 18.2 Å². The lowest BCUT2D eigenvalue weighted by molar-refractivity contribution is -0.147. The number of amides is 4. The fourth-order valence-corrected chi connectivity index (χ4v) is 3.41. The first-order valence-electron chi connectivity index (χ1n) is 8.64. The number of rotatable bonds is 3. The molecule has 3 rings (SSSR count). The Hall–Kier alpha value is -2.57. The maximum absolute atomic E-state index is 12.4. The second-order valence-electron chi connectivity index (χ2n) is 6.81. The highest BCUT2D eigenvalue weighted by molar-refractivity contribution is 5.97. The van der Waals surface area contributed by atoms with Crippen molar-refractivity contribution in [1.29, 1.82) is 0 Å². The Kier molecular flexibility index (Phi) is 4.65. The summed E-state index contributed by atoms with van der Waals surface area (Å²) in [5.74, 6) is -0.198. The number of anilines is 1. The van der Waals surface area contributed by atoms with Crippen LogP contribution in [0.2, 0.25) is 0 Å². The van der Waals surface area contributed by atoms with Crippen molar-refractivity contribution in [3.8, 4) is 0 Å². The first-order chi connectivity index (χ1) is 11.9. The molecule has 0 spiro atoms. The van der Waals surface area contributed by atoms with Crippen LogP contribution in [0.25, 0.3) is 0 Å². The predicted octanol–water partition coefficient (Wildman–Crippen LogP) is 1.30. The summed E-state index contributed by atoms with van der Waals surface area (Å²) in [6.45, 7) is 6.24. The van der Waals surface area contributed by atoms with Gasteiger partial charge >= 0.3 is 6.03 Å². The number of carbonyl (C=O) groups excluding carboxylic acids is 3. The van der Waals surface area contributed by atoms with Crippen LogP contribution in [0.4, 0.5) is 10.5 Å². The summed E-state index contributed by atoms with van der Waals surface area (Å²) in [6.07, 6.45) is 1.01. The van der Waals surface area contributed by atoms with Gasteiger partial charge in [-0.25, -0.2) is 4.79 Å². The van der Waals surface area contributed by atoms with E-state index in [4.69, 9.17) is 0 Å². The lowest BCUT2D eigenvalue weighted by atomic mass is 10.1. The molecular weight excluding hydrogens is 320 g/mol. The number of carbonyl (C=O) groups is 3. The van der Waals surface area contributed by atoms with E-state index in [2.05, 4.69) is 16.0 Å². The highest BCUT2D eigenvalue weighted by Crippen LogP contribution is 2.23. The van der Waals surface area contributed by atoms with Gasteiger partial charge < -0.3 is 20.9 Å². The zero-order valence-corrected chi connectivity index (χ0v) is 14.8. The zero-order chi connectivity index (χ0) is 18.1. The minimum atomic E-state index is -0.484. The molecule has 1 aromatic carbocycles. The number of aryl methyl sites for hydroxylation is 2. The minimum absolute atomic E-state index is 0.0639. The van der Waals surface area contributed by atoms with Gasteiger partial charge in [0.25, 0.3) is 0 Å². The molecule has 2 fully saturated rings. The van der Waals surface area contributed by atoms with Crippen molar-refractivity contribution in [3.05, 3.63) is 29.3 Å². The lowest BCUT2D eigenvalue weighted by Crippen LogP contribution is -2.60. The molecule has 0 saturated carbocycles. The van der Waals surface area contributed by atoms with Crippen molar-refractivity contribution in [2.24, 2.45) is 0 Å². The van der Waals surface area contributed by atoms with Crippen molar-refractivity contribution in [2.75, 3.05) is 11.9 Å². The third kappa shape index (κ3) is 3.45. The molecule has 2 heterocycles. The Morgan fingerprint density at radius 3 is 2.72 bits per heavy atom. The number of fused-ring (bicyclic) bond motifs is 1. The molecular formula is C18H24N4O3. The van der Waals surface area contributed by atoms with Gasteiger partial charge in [0.15, 0.2) is 0 Å². The standard InChI is InChI=1S/C18H24N4O3/c1-4-14-17(24)22-9-13(8-15(22)16(23)21-14)20-18(25)19-12-6-5-10(2)11(3)7-12/h5-7,13-15H,4,8-9H2,1-3H3,(H,21,23)(H2,19,20,25)/t13-,14-,15-/m0/s1. The van der Waals surface area contributed by atoms with E-state index in [-0.39, 0.29) is 23.9 Å². The second kappa shape index (κ2) is 6.74. The van der Waals surface area contributed by atoms with Crippen LogP contribution in [0.1, 0.15) is 30.9 Å². The molecule has 0 unspecified atom stereocenters. The predicted molar refractivity (Wildman–Crippen MR) is 94.2 cm³/mol. The van der Waals surface area contributed by atoms with E-state index in [1.165, 1.54) is 0 Å². The molecule has 0 aliphatic carbocycles. The number of nitrogens with zero attached hydrogens (tertiary/aromatic N) is 1. The van der Waals surface area contributed by atoms with Gasteiger partial charge in [-0.2, -0.15) is 0 Å². The average molecular weight is 344 g/mol. The lowest BCUT2D eigenvalue weighted by Gasteiger charge is -2.33. The molecule has 7 nitrogen and oxygen atoms in total. The van der Waals surface area contributed by atoms with Gasteiger partial charge in [-0.1, -0.05) is 13.0 Å². The van der Waals surface area contributed by atoms with Crippen molar-refractivity contribution in [2.45, 2.75) is 51.7 Å². The summed E-state index contributed by atoms with van der Waals surface area (Å²) in [6, 6.07) is 4.22. The molecule has 3 N–H and O–H groups in total. The quantitative estimate of drug-likeness (QED) is 0.772. The van der Waals surface area contributed by atoms with Crippen LogP contribution >= 0.6 is 0 Å². The molecule has 134 valence electrons. The molecule has 0 aromatic heterocycles. The summed E-state index contributed by atoms with van der Waals surface area (Å²) < 4.78 is 0. The van der Waals surface area contributed by atoms with Crippen molar-refractivity contribution < 1.29 is 14.4 Å². The molecule has 2 aliphatic heterocycles. The number of hydrogen-bond acceptors (Lipinski definition) is 3. The molecule has 1 aromatic rings. The van der Waals surface area contributed by atoms with Crippen molar-refractivity contribution >= 4 is 23.5 Å². The molecule has 2 aliphatic rings. The van der Waals surface area contributed by atoms with Crippen LogP contribution in [0.5, 0.6) is 0 Å². The van der Waals surface area contributed by atoms with E-state index >= 15 is 0 Å². The van der Waals surface area contributed by atoms with E-state index in [0.717, 1.165) is 16.8 Å². The Bertz CT molecular complexity index is 718. The summed E-state index contributed by atoms with van der Waals surface area (Å²) in [5.41, 5.74) is 2.98. The van der Waals surface area contributed by atoms with E-state index in [1.54, 1.807) is 4.90 Å². The zero-order valence-electron chi connectivity index (χ0n) is 14.8. The Balaban J connectivity index is 1.60.